The summed E-state index contributed by atoms with van der Waals surface area (Å²) in [5, 5.41) is 7.88. The van der Waals surface area contributed by atoms with Crippen LogP contribution >= 0.6 is 11.6 Å². The van der Waals surface area contributed by atoms with Crippen molar-refractivity contribution in [1.82, 2.24) is 4.57 Å². The predicted molar refractivity (Wildman–Crippen MR) is 144 cm³/mol. The van der Waals surface area contributed by atoms with E-state index in [0.717, 1.165) is 22.5 Å². The number of para-hydroxylation sites is 1. The van der Waals surface area contributed by atoms with E-state index in [-0.39, 0.29) is 48.2 Å². The number of halogens is 1. The number of benzene rings is 2. The first kappa shape index (κ1) is 31.5. The van der Waals surface area contributed by atoms with Crippen molar-refractivity contribution in [1.29, 1.82) is 0 Å². The second kappa shape index (κ2) is 15.7. The van der Waals surface area contributed by atoms with E-state index in [1.807, 2.05) is 55.6 Å². The third-order valence-corrected chi connectivity index (χ3v) is 5.87. The Morgan fingerprint density at radius 3 is 2.61 bits per heavy atom. The quantitative estimate of drug-likeness (QED) is 0.121. The Labute approximate surface area is 250 Å². The van der Waals surface area contributed by atoms with Crippen LogP contribution in [0.3, 0.4) is 0 Å². The minimum atomic E-state index is -0.355. The van der Waals surface area contributed by atoms with Gasteiger partial charge in [0.25, 0.3) is 0 Å². The molecule has 4 rings (SSSR count). The molecule has 0 saturated heterocycles. The summed E-state index contributed by atoms with van der Waals surface area (Å²) >= 11 is 6.30. The Morgan fingerprint density at radius 1 is 1.16 bits per heavy atom. The molecule has 2 aromatic carbocycles. The molecule has 198 valence electrons. The maximum absolute atomic E-state index is 10.8. The molecule has 0 bridgehead atoms. The van der Waals surface area contributed by atoms with E-state index < -0.39 is 0 Å². The number of hydrogen-bond acceptors (Lipinski definition) is 7. The summed E-state index contributed by atoms with van der Waals surface area (Å²) in [6.07, 6.45) is 2.35. The van der Waals surface area contributed by atoms with Crippen LogP contribution in [0.25, 0.3) is 11.0 Å². The molecule has 1 atom stereocenters. The van der Waals surface area contributed by atoms with Gasteiger partial charge >= 0.3 is 35.5 Å². The van der Waals surface area contributed by atoms with Crippen LogP contribution in [-0.4, -0.2) is 43.7 Å². The number of nitrogens with zero attached hydrogens (tertiary/aromatic N) is 3. The number of carbonyl (C=O) groups is 1. The fraction of sp³-hybridized carbons (Fsp3) is 0.333. The molecule has 2 N–H and O–H groups in total. The van der Waals surface area contributed by atoms with E-state index in [2.05, 4.69) is 25.8 Å². The van der Waals surface area contributed by atoms with Crippen LogP contribution in [-0.2, 0) is 20.9 Å². The summed E-state index contributed by atoms with van der Waals surface area (Å²) in [4.78, 5) is 10.8. The van der Waals surface area contributed by atoms with Gasteiger partial charge in [-0.25, -0.2) is 0 Å². The summed E-state index contributed by atoms with van der Waals surface area (Å²) in [7, 11) is 3.27. The minimum absolute atomic E-state index is 0. The molecule has 1 unspecified atom stereocenters. The van der Waals surface area contributed by atoms with E-state index >= 15 is 0 Å². The Kier molecular flexibility index (Phi) is 13.0. The number of aromatic nitrogens is 1. The second-order valence-corrected chi connectivity index (χ2v) is 8.30. The number of fused-ring (bicyclic) bond motifs is 3. The van der Waals surface area contributed by atoms with Gasteiger partial charge in [-0.15, -0.1) is 0 Å². The smallest absolute Gasteiger partial charge is 0.493 e. The zero-order valence-corrected chi connectivity index (χ0v) is 25.2. The van der Waals surface area contributed by atoms with Crippen molar-refractivity contribution in [3.63, 3.8) is 0 Å². The molecule has 1 aliphatic heterocycles. The molecule has 0 aliphatic carbocycles. The second-order valence-electron chi connectivity index (χ2n) is 7.87. The number of methoxy groups -OCH3 is 2. The van der Waals surface area contributed by atoms with Gasteiger partial charge in [0.15, 0.2) is 11.5 Å². The number of hydrazone groups is 1. The average molecular weight is 551 g/mol. The van der Waals surface area contributed by atoms with Gasteiger partial charge in [-0.05, 0) is 49.7 Å². The molecule has 0 saturated carbocycles. The van der Waals surface area contributed by atoms with Crippen molar-refractivity contribution >= 4 is 23.4 Å². The topological polar surface area (TPSA) is 111 Å². The maximum atomic E-state index is 10.8. The van der Waals surface area contributed by atoms with Crippen LogP contribution in [0, 0.1) is 0 Å². The number of rotatable bonds is 7. The van der Waals surface area contributed by atoms with Gasteiger partial charge in [0, 0.05) is 34.6 Å². The van der Waals surface area contributed by atoms with Gasteiger partial charge in [0.2, 0.25) is 0 Å². The monoisotopic (exact) mass is 550 g/mol. The fourth-order valence-electron chi connectivity index (χ4n) is 3.96. The zero-order valence-electron chi connectivity index (χ0n) is 22.4. The molecule has 2 heterocycles. The van der Waals surface area contributed by atoms with Crippen molar-refractivity contribution in [3.05, 3.63) is 81.9 Å². The average Bonchev–Trinajstić information content (AvgIpc) is 3.32. The Hall–Kier alpha value is -2.69. The third kappa shape index (κ3) is 7.68. The van der Waals surface area contributed by atoms with Gasteiger partial charge in [-0.1, -0.05) is 36.5 Å². The fourth-order valence-corrected chi connectivity index (χ4v) is 4.14. The molecule has 3 aromatic rings. The van der Waals surface area contributed by atoms with Crippen LogP contribution in [0.2, 0.25) is 5.02 Å². The molecular formula is C27H32ClN4NaO5. The Bertz CT molecular complexity index is 1230. The minimum Gasteiger partial charge on any atom is -0.493 e. The normalized spacial score (nSPS) is 13.9. The summed E-state index contributed by atoms with van der Waals surface area (Å²) in [6.45, 7) is 4.47. The molecule has 0 radical (unpaired) electrons. The van der Waals surface area contributed by atoms with Crippen LogP contribution in [0.4, 0.5) is 0 Å². The number of nitrogens with two attached hydrogens (primary N) is 1. The van der Waals surface area contributed by atoms with E-state index in [1.54, 1.807) is 21.1 Å². The molecule has 0 fully saturated rings. The standard InChI is InChI=1S/C20H18ClNO3.C7H14N3O2.Na/c1-23-18-7-3-6-15(20(18)24-2)19-16-11-13(21)8-9-17(16)22-10-4-5-14(22)12-25-19;1-3-6(10-8)9-5-7(11)12-4-2;/h3-11,19H,12H2,1-2H3;3-5,8H2,1-2H3;/q;-1;+1. The van der Waals surface area contributed by atoms with Crippen molar-refractivity contribution in [2.45, 2.75) is 33.0 Å². The molecular weight excluding hydrogens is 519 g/mol. The zero-order chi connectivity index (χ0) is 26.8. The van der Waals surface area contributed by atoms with Gasteiger partial charge in [0.05, 0.1) is 33.1 Å². The molecule has 11 heteroatoms. The van der Waals surface area contributed by atoms with Gasteiger partial charge < -0.3 is 39.8 Å². The van der Waals surface area contributed by atoms with Crippen molar-refractivity contribution in [2.75, 3.05) is 27.4 Å². The van der Waals surface area contributed by atoms with Crippen molar-refractivity contribution in [2.24, 2.45) is 10.9 Å². The Morgan fingerprint density at radius 2 is 1.95 bits per heavy atom. The number of esters is 1. The third-order valence-electron chi connectivity index (χ3n) is 5.64. The molecule has 1 aromatic heterocycles. The molecule has 0 amide bonds. The first-order valence-corrected chi connectivity index (χ1v) is 12.2. The van der Waals surface area contributed by atoms with Crippen LogP contribution in [0.5, 0.6) is 11.5 Å². The summed E-state index contributed by atoms with van der Waals surface area (Å²) in [5.74, 6) is 6.46. The summed E-state index contributed by atoms with van der Waals surface area (Å²) in [5.41, 5.74) is 4.05. The number of ether oxygens (including phenoxy) is 4. The Balaban J connectivity index is 0.000000335. The maximum Gasteiger partial charge on any atom is 1.00 e. The molecule has 0 spiro atoms. The van der Waals surface area contributed by atoms with Crippen LogP contribution in [0.15, 0.2) is 59.8 Å². The van der Waals surface area contributed by atoms with Gasteiger partial charge in [-0.3, -0.25) is 4.79 Å². The number of carbonyl (C=O) groups excluding carboxylic acids is 1. The SMILES string of the molecule is CCOC(=O)C[N-]/C(CC)=N\N.COc1cccc(C2OCc3cccn3-c3ccc(Cl)cc32)c1OC.[Na+]. The van der Waals surface area contributed by atoms with Gasteiger partial charge in [0.1, 0.15) is 6.10 Å². The first-order chi connectivity index (χ1) is 18.0. The predicted octanol–water partition coefficient (Wildman–Crippen LogP) is 2.38. The molecule has 9 nitrogen and oxygen atoms in total. The van der Waals surface area contributed by atoms with Crippen LogP contribution in [0.1, 0.15) is 43.2 Å². The largest absolute Gasteiger partial charge is 1.00 e. The summed E-state index contributed by atoms with van der Waals surface area (Å²) in [6, 6.07) is 15.8. The molecule has 38 heavy (non-hydrogen) atoms. The van der Waals surface area contributed by atoms with E-state index in [1.165, 1.54) is 0 Å². The number of hydrogen-bond donors (Lipinski definition) is 1. The van der Waals surface area contributed by atoms with Crippen LogP contribution < -0.4 is 44.9 Å². The first-order valence-electron chi connectivity index (χ1n) is 11.9. The van der Waals surface area contributed by atoms with E-state index in [4.69, 9.17) is 31.7 Å². The molecule has 1 aliphatic rings. The van der Waals surface area contributed by atoms with E-state index in [0.29, 0.717) is 42.0 Å². The van der Waals surface area contributed by atoms with Crippen molar-refractivity contribution in [3.8, 4) is 17.2 Å². The van der Waals surface area contributed by atoms with Crippen molar-refractivity contribution < 1.29 is 53.3 Å². The number of amidine groups is 1. The summed E-state index contributed by atoms with van der Waals surface area (Å²) < 4.78 is 24.1. The van der Waals surface area contributed by atoms with Gasteiger partial charge in [-0.2, -0.15) is 0 Å². The van der Waals surface area contributed by atoms with E-state index in [9.17, 15) is 4.79 Å².